The van der Waals surface area contributed by atoms with E-state index >= 15 is 0 Å². The van der Waals surface area contributed by atoms with Crippen molar-refractivity contribution in [3.63, 3.8) is 0 Å². The maximum absolute atomic E-state index is 11.6. The average molecular weight is 269 g/mol. The van der Waals surface area contributed by atoms with Gasteiger partial charge in [-0.1, -0.05) is 12.1 Å². The van der Waals surface area contributed by atoms with Crippen LogP contribution in [-0.2, 0) is 4.74 Å². The summed E-state index contributed by atoms with van der Waals surface area (Å²) in [6, 6.07) is 5.02. The van der Waals surface area contributed by atoms with E-state index in [1.54, 1.807) is 43.5 Å². The van der Waals surface area contributed by atoms with Gasteiger partial charge in [-0.2, -0.15) is 0 Å². The van der Waals surface area contributed by atoms with Gasteiger partial charge in [-0.05, 0) is 32.6 Å². The van der Waals surface area contributed by atoms with Gasteiger partial charge in [0.25, 0.3) is 0 Å². The monoisotopic (exact) mass is 269 g/mol. The minimum atomic E-state index is -0.531. The summed E-state index contributed by atoms with van der Waals surface area (Å²) in [6.45, 7) is 1.76. The Morgan fingerprint density at radius 2 is 1.94 bits per heavy atom. The Morgan fingerprint density at radius 3 is 2.50 bits per heavy atom. The number of rotatable bonds is 3. The van der Waals surface area contributed by atoms with Crippen molar-refractivity contribution in [1.29, 1.82) is 0 Å². The van der Waals surface area contributed by atoms with E-state index in [4.69, 9.17) is 4.74 Å². The van der Waals surface area contributed by atoms with Crippen LogP contribution in [0.25, 0.3) is 0 Å². The van der Waals surface area contributed by atoms with E-state index in [0.717, 1.165) is 11.9 Å². The van der Waals surface area contributed by atoms with Crippen LogP contribution < -0.4 is 4.74 Å². The molecule has 0 spiro atoms. The number of esters is 1. The highest BCUT2D eigenvalue weighted by Crippen LogP contribution is 2.26. The minimum absolute atomic E-state index is 0.240. The number of ether oxygens (including phenoxy) is 2. The van der Waals surface area contributed by atoms with E-state index in [-0.39, 0.29) is 11.3 Å². The highest BCUT2D eigenvalue weighted by Gasteiger charge is 2.18. The Balaban J connectivity index is 3.00. The van der Waals surface area contributed by atoms with E-state index in [2.05, 4.69) is 4.74 Å². The Labute approximate surface area is 110 Å². The third kappa shape index (κ3) is 3.75. The predicted molar refractivity (Wildman–Crippen MR) is 69.8 cm³/mol. The maximum atomic E-state index is 11.6. The van der Waals surface area contributed by atoms with Crippen molar-refractivity contribution in [1.82, 2.24) is 4.31 Å². The molecule has 98 valence electrons. The van der Waals surface area contributed by atoms with E-state index in [9.17, 15) is 9.59 Å². The summed E-state index contributed by atoms with van der Waals surface area (Å²) in [6.07, 6.45) is 0. The Morgan fingerprint density at radius 1 is 1.28 bits per heavy atom. The summed E-state index contributed by atoms with van der Waals surface area (Å²) in [5.41, 5.74) is 0.941. The van der Waals surface area contributed by atoms with Gasteiger partial charge >= 0.3 is 11.3 Å². The van der Waals surface area contributed by atoms with Crippen molar-refractivity contribution in [2.45, 2.75) is 6.92 Å². The third-order valence-electron chi connectivity index (χ3n) is 2.06. The van der Waals surface area contributed by atoms with E-state index < -0.39 is 11.3 Å². The summed E-state index contributed by atoms with van der Waals surface area (Å²) in [5.74, 6) is -0.292. The first-order valence-electron chi connectivity index (χ1n) is 5.20. The summed E-state index contributed by atoms with van der Waals surface area (Å²) < 4.78 is 11.4. The van der Waals surface area contributed by atoms with Gasteiger partial charge in [-0.15, -0.1) is 0 Å². The molecule has 0 aliphatic carbocycles. The molecule has 1 aromatic carbocycles. The second-order valence-electron chi connectivity index (χ2n) is 3.70. The largest absolute Gasteiger partial charge is 0.465 e. The summed E-state index contributed by atoms with van der Waals surface area (Å²) in [5, 5.41) is -0.501. The molecule has 0 unspecified atom stereocenters. The second-order valence-corrected chi connectivity index (χ2v) is 4.95. The molecule has 0 fully saturated rings. The van der Waals surface area contributed by atoms with Crippen molar-refractivity contribution in [2.75, 3.05) is 21.2 Å². The topological polar surface area (TPSA) is 55.8 Å². The molecule has 1 rings (SSSR count). The number of aryl methyl sites for hydroxylation is 1. The van der Waals surface area contributed by atoms with Crippen LogP contribution in [0.3, 0.4) is 0 Å². The predicted octanol–water partition coefficient (Wildman–Crippen LogP) is 2.49. The van der Waals surface area contributed by atoms with Gasteiger partial charge in [-0.25, -0.2) is 13.9 Å². The molecule has 0 radical (unpaired) electrons. The molecule has 0 N–H and O–H groups in total. The zero-order valence-electron chi connectivity index (χ0n) is 10.7. The Kier molecular flexibility index (Phi) is 5.18. The highest BCUT2D eigenvalue weighted by atomic mass is 32.2. The molecule has 0 amide bonds. The van der Waals surface area contributed by atoms with Gasteiger partial charge in [0.15, 0.2) is 0 Å². The van der Waals surface area contributed by atoms with Crippen molar-refractivity contribution < 1.29 is 19.1 Å². The SMILES string of the molecule is COC(=O)c1cccc(C)c1OC(=O)SN(C)C. The van der Waals surface area contributed by atoms with Crippen LogP contribution in [0.4, 0.5) is 4.79 Å². The van der Waals surface area contributed by atoms with Crippen molar-refractivity contribution in [3.8, 4) is 5.75 Å². The molecule has 18 heavy (non-hydrogen) atoms. The molecule has 0 bridgehead atoms. The van der Waals surface area contributed by atoms with Gasteiger partial charge in [0, 0.05) is 11.9 Å². The van der Waals surface area contributed by atoms with Crippen molar-refractivity contribution in [3.05, 3.63) is 29.3 Å². The van der Waals surface area contributed by atoms with Crippen LogP contribution in [-0.4, -0.2) is 36.8 Å². The zero-order valence-corrected chi connectivity index (χ0v) is 11.5. The first-order chi connectivity index (χ1) is 8.45. The van der Waals surface area contributed by atoms with Crippen LogP contribution in [0.1, 0.15) is 15.9 Å². The second kappa shape index (κ2) is 6.42. The highest BCUT2D eigenvalue weighted by molar-refractivity contribution is 8.11. The van der Waals surface area contributed by atoms with Gasteiger partial charge in [0.05, 0.1) is 7.11 Å². The standard InChI is InChI=1S/C12H15NO4S/c1-8-6-5-7-9(11(14)16-4)10(8)17-12(15)18-13(2)3/h5-7H,1-4H3. The van der Waals surface area contributed by atoms with Gasteiger partial charge in [-0.3, -0.25) is 0 Å². The number of hydrogen-bond acceptors (Lipinski definition) is 6. The molecule has 5 nitrogen and oxygen atoms in total. The normalized spacial score (nSPS) is 10.3. The molecule has 0 atom stereocenters. The fraction of sp³-hybridized carbons (Fsp3) is 0.333. The number of carbonyl (C=O) groups is 2. The van der Waals surface area contributed by atoms with Crippen molar-refractivity contribution >= 4 is 23.2 Å². The molecule has 0 aromatic heterocycles. The van der Waals surface area contributed by atoms with Crippen molar-refractivity contribution in [2.24, 2.45) is 0 Å². The van der Waals surface area contributed by atoms with Crippen LogP contribution in [0, 0.1) is 6.92 Å². The Bertz CT molecular complexity index is 459. The average Bonchev–Trinajstić information content (AvgIpc) is 2.29. The summed E-state index contributed by atoms with van der Waals surface area (Å²) in [4.78, 5) is 23.1. The molecule has 1 aromatic rings. The molecule has 0 saturated heterocycles. The third-order valence-corrected chi connectivity index (χ3v) is 2.66. The maximum Gasteiger partial charge on any atom is 0.388 e. The zero-order chi connectivity index (χ0) is 13.7. The number of nitrogens with zero attached hydrogens (tertiary/aromatic N) is 1. The lowest BCUT2D eigenvalue weighted by atomic mass is 10.1. The lowest BCUT2D eigenvalue weighted by Crippen LogP contribution is -2.13. The van der Waals surface area contributed by atoms with E-state index in [0.29, 0.717) is 5.56 Å². The van der Waals surface area contributed by atoms with E-state index in [1.165, 1.54) is 7.11 Å². The molecule has 0 heterocycles. The quantitative estimate of drug-likeness (QED) is 0.620. The molecule has 6 heteroatoms. The molecule has 0 aliphatic rings. The fourth-order valence-corrected chi connectivity index (χ4v) is 1.73. The molecule has 0 aliphatic heterocycles. The lowest BCUT2D eigenvalue weighted by molar-refractivity contribution is 0.0598. The van der Waals surface area contributed by atoms with Crippen LogP contribution >= 0.6 is 11.9 Å². The summed E-state index contributed by atoms with van der Waals surface area (Å²) >= 11 is 0.906. The number of benzene rings is 1. The smallest absolute Gasteiger partial charge is 0.388 e. The van der Waals surface area contributed by atoms with Crippen LogP contribution in [0.5, 0.6) is 5.75 Å². The fourth-order valence-electron chi connectivity index (χ4n) is 1.31. The van der Waals surface area contributed by atoms with Gasteiger partial charge in [0.1, 0.15) is 11.3 Å². The summed E-state index contributed by atoms with van der Waals surface area (Å²) in [7, 11) is 4.74. The van der Waals surface area contributed by atoms with Gasteiger partial charge in [0.2, 0.25) is 0 Å². The number of methoxy groups -OCH3 is 1. The number of hydrogen-bond donors (Lipinski definition) is 0. The van der Waals surface area contributed by atoms with Gasteiger partial charge < -0.3 is 9.47 Å². The van der Waals surface area contributed by atoms with Crippen LogP contribution in [0.15, 0.2) is 18.2 Å². The van der Waals surface area contributed by atoms with E-state index in [1.807, 2.05) is 0 Å². The molecular weight excluding hydrogens is 254 g/mol. The number of para-hydroxylation sites is 1. The first-order valence-corrected chi connectivity index (χ1v) is 5.98. The van der Waals surface area contributed by atoms with Crippen LogP contribution in [0.2, 0.25) is 0 Å². The molecule has 0 saturated carbocycles. The number of carbonyl (C=O) groups excluding carboxylic acids is 2. The first kappa shape index (κ1) is 14.5. The minimum Gasteiger partial charge on any atom is -0.465 e. The lowest BCUT2D eigenvalue weighted by Gasteiger charge is -2.12. The Hall–Kier alpha value is -1.53. The molecular formula is C12H15NO4S.